The van der Waals surface area contributed by atoms with Crippen molar-refractivity contribution in [1.82, 2.24) is 15.2 Å². The summed E-state index contributed by atoms with van der Waals surface area (Å²) in [5, 5.41) is 1.17. The minimum absolute atomic E-state index is 0.0569. The van der Waals surface area contributed by atoms with Crippen LogP contribution in [0.2, 0.25) is 10.0 Å². The Morgan fingerprint density at radius 3 is 2.29 bits per heavy atom. The monoisotopic (exact) mass is 437 g/mol. The lowest BCUT2D eigenvalue weighted by molar-refractivity contribution is 0.178. The van der Waals surface area contributed by atoms with E-state index in [-0.39, 0.29) is 14.9 Å². The summed E-state index contributed by atoms with van der Waals surface area (Å²) < 4.78 is 27.5. The van der Waals surface area contributed by atoms with Crippen molar-refractivity contribution in [2.75, 3.05) is 0 Å². The minimum atomic E-state index is -4.25. The van der Waals surface area contributed by atoms with Crippen LogP contribution < -0.4 is 10.1 Å². The van der Waals surface area contributed by atoms with Gasteiger partial charge in [-0.3, -0.25) is 5.43 Å². The highest BCUT2D eigenvalue weighted by Crippen LogP contribution is 2.40. The molecule has 2 aliphatic rings. The normalized spacial score (nSPS) is 19.1. The fourth-order valence-electron chi connectivity index (χ4n) is 3.14. The van der Waals surface area contributed by atoms with Crippen LogP contribution in [-0.2, 0) is 10.0 Å². The Morgan fingerprint density at radius 2 is 1.68 bits per heavy atom. The second-order valence-electron chi connectivity index (χ2n) is 6.70. The summed E-state index contributed by atoms with van der Waals surface area (Å²) in [7, 11) is -4.25. The second kappa shape index (κ2) is 7.31. The summed E-state index contributed by atoms with van der Waals surface area (Å²) in [5.41, 5.74) is 4.85. The molecule has 2 aromatic rings. The van der Waals surface area contributed by atoms with E-state index in [0.717, 1.165) is 24.1 Å². The molecule has 9 heteroatoms. The van der Waals surface area contributed by atoms with Gasteiger partial charge in [0.05, 0.1) is 10.0 Å². The molecular formula is C19H17Cl2N3O3S. The number of halogens is 2. The van der Waals surface area contributed by atoms with Crippen LogP contribution in [0.4, 0.5) is 4.79 Å². The zero-order valence-electron chi connectivity index (χ0n) is 14.6. The summed E-state index contributed by atoms with van der Waals surface area (Å²) in [5.74, 6) is 0.374. The maximum absolute atomic E-state index is 12.9. The van der Waals surface area contributed by atoms with Gasteiger partial charge in [0.25, 0.3) is 10.0 Å². The number of nitrogens with zero attached hydrogens (tertiary/aromatic N) is 1. The molecule has 1 aliphatic heterocycles. The SMILES string of the molecule is O=C(NS(=O)(=O)c1c(Cl)cccc1Cl)N1NC(C2CC2)=CC1c1ccccc1. The van der Waals surface area contributed by atoms with E-state index in [1.807, 2.05) is 36.4 Å². The fraction of sp³-hybridized carbons (Fsp3) is 0.211. The molecule has 6 nitrogen and oxygen atoms in total. The van der Waals surface area contributed by atoms with Gasteiger partial charge in [-0.15, -0.1) is 0 Å². The number of hydrogen-bond donors (Lipinski definition) is 2. The molecular weight excluding hydrogens is 421 g/mol. The average molecular weight is 438 g/mol. The van der Waals surface area contributed by atoms with Crippen molar-refractivity contribution in [2.45, 2.75) is 23.8 Å². The van der Waals surface area contributed by atoms with Crippen LogP contribution in [0.3, 0.4) is 0 Å². The second-order valence-corrected chi connectivity index (χ2v) is 9.13. The van der Waals surface area contributed by atoms with E-state index in [1.165, 1.54) is 23.2 Å². The Kier molecular flexibility index (Phi) is 4.99. The van der Waals surface area contributed by atoms with Gasteiger partial charge in [0.1, 0.15) is 10.9 Å². The lowest BCUT2D eigenvalue weighted by Crippen LogP contribution is -2.48. The third-order valence-corrected chi connectivity index (χ3v) is 6.93. The first-order chi connectivity index (χ1) is 13.4. The largest absolute Gasteiger partial charge is 0.350 e. The Bertz CT molecular complexity index is 1030. The van der Waals surface area contributed by atoms with E-state index in [9.17, 15) is 13.2 Å². The van der Waals surface area contributed by atoms with Crippen LogP contribution in [0, 0.1) is 5.92 Å². The van der Waals surface area contributed by atoms with Crippen molar-refractivity contribution in [1.29, 1.82) is 0 Å². The van der Waals surface area contributed by atoms with Gasteiger partial charge in [0, 0.05) is 11.6 Å². The molecule has 1 saturated carbocycles. The summed E-state index contributed by atoms with van der Waals surface area (Å²) in [6.45, 7) is 0. The molecule has 0 aromatic heterocycles. The molecule has 1 aliphatic carbocycles. The predicted octanol–water partition coefficient (Wildman–Crippen LogP) is 4.25. The Labute approximate surface area is 173 Å². The highest BCUT2D eigenvalue weighted by atomic mass is 35.5. The predicted molar refractivity (Wildman–Crippen MR) is 107 cm³/mol. The zero-order valence-corrected chi connectivity index (χ0v) is 16.9. The molecule has 28 heavy (non-hydrogen) atoms. The van der Waals surface area contributed by atoms with E-state index >= 15 is 0 Å². The first kappa shape index (κ1) is 19.1. The molecule has 2 N–H and O–H groups in total. The molecule has 1 fully saturated rings. The smallest absolute Gasteiger partial charge is 0.298 e. The van der Waals surface area contributed by atoms with E-state index in [0.29, 0.717) is 5.92 Å². The van der Waals surface area contributed by atoms with Crippen molar-refractivity contribution in [3.63, 3.8) is 0 Å². The summed E-state index contributed by atoms with van der Waals surface area (Å²) in [6, 6.07) is 12.5. The Hall–Kier alpha value is -2.22. The zero-order chi connectivity index (χ0) is 19.9. The van der Waals surface area contributed by atoms with Crippen LogP contribution in [0.25, 0.3) is 0 Å². The maximum atomic E-state index is 12.9. The summed E-state index contributed by atoms with van der Waals surface area (Å²) in [4.78, 5) is 12.6. The van der Waals surface area contributed by atoms with Crippen molar-refractivity contribution in [2.24, 2.45) is 5.92 Å². The number of benzene rings is 2. The van der Waals surface area contributed by atoms with Gasteiger partial charge in [0.15, 0.2) is 0 Å². The number of amides is 2. The number of urea groups is 1. The molecule has 1 heterocycles. The molecule has 2 amide bonds. The number of hydrogen-bond acceptors (Lipinski definition) is 4. The molecule has 0 saturated heterocycles. The van der Waals surface area contributed by atoms with Crippen LogP contribution in [0.15, 0.2) is 65.2 Å². The van der Waals surface area contributed by atoms with Crippen LogP contribution in [-0.4, -0.2) is 19.5 Å². The topological polar surface area (TPSA) is 78.5 Å². The number of allylic oxidation sites excluding steroid dienone is 1. The first-order valence-electron chi connectivity index (χ1n) is 8.70. The van der Waals surface area contributed by atoms with Crippen molar-refractivity contribution in [3.8, 4) is 0 Å². The molecule has 1 unspecified atom stereocenters. The number of rotatable bonds is 4. The van der Waals surface area contributed by atoms with Crippen LogP contribution >= 0.6 is 23.2 Å². The van der Waals surface area contributed by atoms with Crippen molar-refractivity contribution in [3.05, 3.63) is 75.9 Å². The van der Waals surface area contributed by atoms with Gasteiger partial charge in [-0.05, 0) is 36.6 Å². The molecule has 4 rings (SSSR count). The Morgan fingerprint density at radius 1 is 1.04 bits per heavy atom. The molecule has 0 radical (unpaired) electrons. The average Bonchev–Trinajstić information content (AvgIpc) is 3.40. The van der Waals surface area contributed by atoms with E-state index in [2.05, 4.69) is 10.1 Å². The third-order valence-electron chi connectivity index (χ3n) is 4.65. The highest BCUT2D eigenvalue weighted by Gasteiger charge is 2.38. The van der Waals surface area contributed by atoms with E-state index < -0.39 is 22.1 Å². The Balaban J connectivity index is 1.61. The summed E-state index contributed by atoms with van der Waals surface area (Å²) in [6.07, 6.45) is 4.05. The van der Waals surface area contributed by atoms with Crippen LogP contribution in [0.1, 0.15) is 24.4 Å². The number of carbonyl (C=O) groups is 1. The molecule has 0 bridgehead atoms. The fourth-order valence-corrected chi connectivity index (χ4v) is 5.23. The van der Waals surface area contributed by atoms with Gasteiger partial charge in [-0.2, -0.15) is 0 Å². The van der Waals surface area contributed by atoms with Gasteiger partial charge in [-0.1, -0.05) is 59.6 Å². The third kappa shape index (κ3) is 3.70. The van der Waals surface area contributed by atoms with Gasteiger partial charge in [-0.25, -0.2) is 22.9 Å². The number of sulfonamides is 1. The molecule has 146 valence electrons. The molecule has 1 atom stereocenters. The van der Waals surface area contributed by atoms with E-state index in [4.69, 9.17) is 23.2 Å². The molecule has 0 spiro atoms. The quantitative estimate of drug-likeness (QED) is 0.749. The standard InChI is InChI=1S/C19H17Cl2N3O3S/c20-14-7-4-8-15(21)18(14)28(26,27)23-19(25)24-17(13-5-2-1-3-6-13)11-16(22-24)12-9-10-12/h1-8,11-12,17,22H,9-10H2,(H,23,25). The number of hydrazine groups is 1. The number of carbonyl (C=O) groups excluding carboxylic acids is 1. The van der Waals surface area contributed by atoms with E-state index in [1.54, 1.807) is 0 Å². The van der Waals surface area contributed by atoms with Gasteiger partial charge in [0.2, 0.25) is 0 Å². The minimum Gasteiger partial charge on any atom is -0.298 e. The highest BCUT2D eigenvalue weighted by molar-refractivity contribution is 7.90. The lowest BCUT2D eigenvalue weighted by Gasteiger charge is -2.25. The lowest BCUT2D eigenvalue weighted by atomic mass is 10.1. The number of nitrogens with one attached hydrogen (secondary N) is 2. The molecule has 2 aromatic carbocycles. The van der Waals surface area contributed by atoms with Gasteiger partial charge < -0.3 is 0 Å². The maximum Gasteiger partial charge on any atom is 0.350 e. The van der Waals surface area contributed by atoms with Crippen LogP contribution in [0.5, 0.6) is 0 Å². The van der Waals surface area contributed by atoms with Gasteiger partial charge >= 0.3 is 6.03 Å². The first-order valence-corrected chi connectivity index (χ1v) is 10.9. The summed E-state index contributed by atoms with van der Waals surface area (Å²) >= 11 is 12.0. The van der Waals surface area contributed by atoms with Crippen molar-refractivity contribution >= 4 is 39.3 Å². The van der Waals surface area contributed by atoms with Crippen molar-refractivity contribution < 1.29 is 13.2 Å².